The van der Waals surface area contributed by atoms with Gasteiger partial charge in [-0.15, -0.1) is 0 Å². The first-order chi connectivity index (χ1) is 17.6. The van der Waals surface area contributed by atoms with E-state index >= 15 is 0 Å². The van der Waals surface area contributed by atoms with Crippen LogP contribution in [0.2, 0.25) is 0 Å². The summed E-state index contributed by atoms with van der Waals surface area (Å²) in [7, 11) is 8.09. The van der Waals surface area contributed by atoms with Gasteiger partial charge in [0.1, 0.15) is 11.6 Å². The summed E-state index contributed by atoms with van der Waals surface area (Å²) in [6.45, 7) is 8.96. The second-order valence-electron chi connectivity index (χ2n) is 10.1. The Balaban J connectivity index is 1.49. The average molecular weight is 495 g/mol. The van der Waals surface area contributed by atoms with Crippen molar-refractivity contribution in [2.45, 2.75) is 34.2 Å². The first kappa shape index (κ1) is 24.5. The smallest absolute Gasteiger partial charge is 0.165 e. The van der Waals surface area contributed by atoms with Gasteiger partial charge in [0.2, 0.25) is 0 Å². The van der Waals surface area contributed by atoms with Gasteiger partial charge in [-0.1, -0.05) is 24.3 Å². The number of nitrogens with zero attached hydrogens (tertiary/aromatic N) is 8. The lowest BCUT2D eigenvalue weighted by atomic mass is 10.0. The van der Waals surface area contributed by atoms with E-state index in [1.165, 1.54) is 5.56 Å². The maximum absolute atomic E-state index is 4.92. The lowest BCUT2D eigenvalue weighted by Crippen LogP contribution is -2.20. The van der Waals surface area contributed by atoms with Gasteiger partial charge in [-0.05, 0) is 56.5 Å². The van der Waals surface area contributed by atoms with E-state index in [0.29, 0.717) is 0 Å². The Morgan fingerprint density at radius 1 is 0.865 bits per heavy atom. The maximum atomic E-state index is 4.92. The van der Waals surface area contributed by atoms with Gasteiger partial charge in [0.05, 0.1) is 22.6 Å². The first-order valence-electron chi connectivity index (χ1n) is 12.4. The minimum absolute atomic E-state index is 0.746. The summed E-state index contributed by atoms with van der Waals surface area (Å²) >= 11 is 0. The molecule has 0 amide bonds. The molecule has 0 aliphatic heterocycles. The molecule has 0 bridgehead atoms. The summed E-state index contributed by atoms with van der Waals surface area (Å²) < 4.78 is 3.89. The van der Waals surface area contributed by atoms with E-state index in [9.17, 15) is 0 Å². The molecule has 0 fully saturated rings. The van der Waals surface area contributed by atoms with Crippen LogP contribution in [-0.4, -0.2) is 50.5 Å². The van der Waals surface area contributed by atoms with E-state index in [1.54, 1.807) is 0 Å². The fourth-order valence-corrected chi connectivity index (χ4v) is 4.88. The number of hydrogen-bond donors (Lipinski definition) is 0. The molecule has 37 heavy (non-hydrogen) atoms. The van der Waals surface area contributed by atoms with Crippen LogP contribution in [0.4, 0.5) is 11.6 Å². The third kappa shape index (κ3) is 4.55. The molecule has 0 N–H and O–H groups in total. The van der Waals surface area contributed by atoms with Crippen LogP contribution in [0.15, 0.2) is 48.7 Å². The van der Waals surface area contributed by atoms with E-state index in [4.69, 9.17) is 10.1 Å². The predicted octanol–water partition coefficient (Wildman–Crippen LogP) is 5.13. The molecule has 0 aliphatic rings. The summed E-state index contributed by atoms with van der Waals surface area (Å²) in [5, 5.41) is 9.39. The minimum atomic E-state index is 0.746. The van der Waals surface area contributed by atoms with E-state index < -0.39 is 0 Å². The van der Waals surface area contributed by atoms with Crippen molar-refractivity contribution in [1.82, 2.24) is 29.4 Å². The van der Waals surface area contributed by atoms with Crippen molar-refractivity contribution in [3.63, 3.8) is 0 Å². The molecule has 0 aliphatic carbocycles. The van der Waals surface area contributed by atoms with Gasteiger partial charge in [-0.25, -0.2) is 9.97 Å². The van der Waals surface area contributed by atoms with Crippen molar-refractivity contribution in [2.24, 2.45) is 7.05 Å². The van der Waals surface area contributed by atoms with Gasteiger partial charge >= 0.3 is 0 Å². The van der Waals surface area contributed by atoms with Gasteiger partial charge in [-0.2, -0.15) is 14.7 Å². The third-order valence-corrected chi connectivity index (χ3v) is 6.76. The standard InChI is InChI=1S/C29H34N8/c1-18-13-26(34(5)6)30-16-24(18)28-21(4)33-37-27(15-19(2)31-29(28)37)35(7)17-22-9-11-23(12-10-22)25-14-20(3)32-36(25)8/h9-16H,17H2,1-8H3. The highest BCUT2D eigenvalue weighted by Gasteiger charge is 2.20. The zero-order valence-electron chi connectivity index (χ0n) is 22.9. The van der Waals surface area contributed by atoms with Gasteiger partial charge in [0.15, 0.2) is 5.65 Å². The number of hydrogen-bond acceptors (Lipinski definition) is 6. The molecule has 0 spiro atoms. The van der Waals surface area contributed by atoms with Crippen molar-refractivity contribution in [3.05, 3.63) is 76.9 Å². The van der Waals surface area contributed by atoms with Crippen LogP contribution in [0, 0.1) is 27.7 Å². The number of benzene rings is 1. The largest absolute Gasteiger partial charge is 0.363 e. The Morgan fingerprint density at radius 2 is 1.59 bits per heavy atom. The maximum Gasteiger partial charge on any atom is 0.165 e. The summed E-state index contributed by atoms with van der Waals surface area (Å²) in [6.07, 6.45) is 1.94. The molecule has 190 valence electrons. The van der Waals surface area contributed by atoms with Gasteiger partial charge in [-0.3, -0.25) is 4.68 Å². The van der Waals surface area contributed by atoms with Crippen LogP contribution < -0.4 is 9.80 Å². The fourth-order valence-electron chi connectivity index (χ4n) is 4.88. The molecule has 8 heteroatoms. The van der Waals surface area contributed by atoms with Gasteiger partial charge < -0.3 is 9.80 Å². The van der Waals surface area contributed by atoms with Crippen LogP contribution in [0.5, 0.6) is 0 Å². The number of anilines is 2. The molecule has 0 saturated carbocycles. The predicted molar refractivity (Wildman–Crippen MR) is 150 cm³/mol. The zero-order chi connectivity index (χ0) is 26.4. The molecule has 5 aromatic rings. The first-order valence-corrected chi connectivity index (χ1v) is 12.4. The average Bonchev–Trinajstić information content (AvgIpc) is 3.36. The van der Waals surface area contributed by atoms with E-state index in [-0.39, 0.29) is 0 Å². The van der Waals surface area contributed by atoms with E-state index in [0.717, 1.165) is 68.9 Å². The van der Waals surface area contributed by atoms with Crippen molar-refractivity contribution >= 4 is 17.3 Å². The Hall–Kier alpha value is -4.20. The number of aromatic nitrogens is 6. The fraction of sp³-hybridized carbons (Fsp3) is 0.310. The van der Waals surface area contributed by atoms with E-state index in [1.807, 2.05) is 62.2 Å². The highest BCUT2D eigenvalue weighted by Crippen LogP contribution is 2.33. The van der Waals surface area contributed by atoms with Crippen LogP contribution in [0.1, 0.15) is 28.2 Å². The summed E-state index contributed by atoms with van der Waals surface area (Å²) in [6, 6.07) is 15.0. The number of rotatable bonds is 6. The lowest BCUT2D eigenvalue weighted by molar-refractivity contribution is 0.764. The minimum Gasteiger partial charge on any atom is -0.363 e. The molecule has 0 unspecified atom stereocenters. The van der Waals surface area contributed by atoms with Crippen LogP contribution in [0.25, 0.3) is 28.0 Å². The molecule has 0 atom stereocenters. The Kier molecular flexibility index (Phi) is 6.19. The molecule has 0 saturated heterocycles. The SMILES string of the molecule is Cc1cc(N(C)Cc2ccc(-c3cc(C)nn3C)cc2)n2nc(C)c(-c3cnc(N(C)C)cc3C)c2n1. The number of fused-ring (bicyclic) bond motifs is 1. The molecule has 0 radical (unpaired) electrons. The normalized spacial score (nSPS) is 11.4. The molecular formula is C29H34N8. The Morgan fingerprint density at radius 3 is 2.22 bits per heavy atom. The van der Waals surface area contributed by atoms with Crippen molar-refractivity contribution in [1.29, 1.82) is 0 Å². The summed E-state index contributed by atoms with van der Waals surface area (Å²) in [5.74, 6) is 1.93. The number of pyridine rings is 1. The highest BCUT2D eigenvalue weighted by molar-refractivity contribution is 5.83. The second-order valence-corrected chi connectivity index (χ2v) is 10.1. The second kappa shape index (κ2) is 9.35. The quantitative estimate of drug-likeness (QED) is 0.326. The molecule has 4 aromatic heterocycles. The third-order valence-electron chi connectivity index (χ3n) is 6.76. The molecule has 5 rings (SSSR count). The van der Waals surface area contributed by atoms with E-state index in [2.05, 4.69) is 71.4 Å². The lowest BCUT2D eigenvalue weighted by Gasteiger charge is -2.21. The molecule has 1 aromatic carbocycles. The van der Waals surface area contributed by atoms with Crippen molar-refractivity contribution < 1.29 is 0 Å². The summed E-state index contributed by atoms with van der Waals surface area (Å²) in [5.41, 5.74) is 10.5. The molecule has 4 heterocycles. The zero-order valence-corrected chi connectivity index (χ0v) is 22.9. The van der Waals surface area contributed by atoms with Crippen LogP contribution >= 0.6 is 0 Å². The van der Waals surface area contributed by atoms with Crippen LogP contribution in [-0.2, 0) is 13.6 Å². The van der Waals surface area contributed by atoms with Crippen molar-refractivity contribution in [3.8, 4) is 22.4 Å². The monoisotopic (exact) mass is 494 g/mol. The van der Waals surface area contributed by atoms with Gasteiger partial charge in [0.25, 0.3) is 0 Å². The summed E-state index contributed by atoms with van der Waals surface area (Å²) in [4.78, 5) is 13.8. The van der Waals surface area contributed by atoms with Crippen LogP contribution in [0.3, 0.4) is 0 Å². The topological polar surface area (TPSA) is 67.4 Å². The highest BCUT2D eigenvalue weighted by atomic mass is 15.3. The molecular weight excluding hydrogens is 460 g/mol. The number of aryl methyl sites for hydroxylation is 5. The van der Waals surface area contributed by atoms with Gasteiger partial charge in [0, 0.05) is 58.3 Å². The van der Waals surface area contributed by atoms with Crippen molar-refractivity contribution in [2.75, 3.05) is 30.9 Å². The Bertz CT molecular complexity index is 1590. The molecule has 8 nitrogen and oxygen atoms in total. The Labute approximate surface area is 218 Å².